The topological polar surface area (TPSA) is 116 Å². The van der Waals surface area contributed by atoms with E-state index in [0.717, 1.165) is 6.42 Å². The number of carboxylic acid groups (broad SMARTS) is 1. The maximum atomic E-state index is 11.5. The van der Waals surface area contributed by atoms with Gasteiger partial charge in [-0.25, -0.2) is 0 Å². The SMILES string of the molecule is C.CCC(C)(C)C(=O)OCCOC(=O)CCC(=O)O.CCOC(=O)C(C)(C)CC.[B]. The molecule has 0 aromatic rings. The second kappa shape index (κ2) is 17.8. The summed E-state index contributed by atoms with van der Waals surface area (Å²) in [5.74, 6) is -2.10. The van der Waals surface area contributed by atoms with E-state index in [9.17, 15) is 19.2 Å². The summed E-state index contributed by atoms with van der Waals surface area (Å²) in [7, 11) is 0. The van der Waals surface area contributed by atoms with Crippen LogP contribution in [0.5, 0.6) is 0 Å². The molecule has 175 valence electrons. The Labute approximate surface area is 183 Å². The molecule has 0 fully saturated rings. The molecule has 0 amide bonds. The lowest BCUT2D eigenvalue weighted by atomic mass is 9.91. The van der Waals surface area contributed by atoms with Gasteiger partial charge in [-0.1, -0.05) is 21.3 Å². The predicted molar refractivity (Wildman–Crippen MR) is 116 cm³/mol. The van der Waals surface area contributed by atoms with E-state index < -0.39 is 17.4 Å². The van der Waals surface area contributed by atoms with Crippen molar-refractivity contribution in [1.82, 2.24) is 0 Å². The van der Waals surface area contributed by atoms with Crippen LogP contribution >= 0.6 is 0 Å². The van der Waals surface area contributed by atoms with E-state index in [1.165, 1.54) is 0 Å². The van der Waals surface area contributed by atoms with E-state index in [0.29, 0.717) is 13.0 Å². The Hall–Kier alpha value is -2.06. The van der Waals surface area contributed by atoms with Gasteiger partial charge in [0.05, 0.1) is 30.3 Å². The van der Waals surface area contributed by atoms with Gasteiger partial charge in [-0.15, -0.1) is 0 Å². The van der Waals surface area contributed by atoms with Crippen LogP contribution in [0.4, 0.5) is 0 Å². The lowest BCUT2D eigenvalue weighted by Crippen LogP contribution is -2.27. The van der Waals surface area contributed by atoms with Crippen LogP contribution in [0, 0.1) is 10.8 Å². The van der Waals surface area contributed by atoms with Crippen LogP contribution < -0.4 is 0 Å². The minimum absolute atomic E-state index is 0. The van der Waals surface area contributed by atoms with Crippen molar-refractivity contribution in [2.24, 2.45) is 10.8 Å². The standard InChI is InChI=1S/C12H20O6.C8H16O2.CH4.B/c1-4-12(2,3)11(16)18-8-7-17-10(15)6-5-9(13)14;1-5-8(3,4)7(9)10-6-2;;/h4-8H2,1-3H3,(H,13,14);5-6H2,1-4H3;1H4;. The van der Waals surface area contributed by atoms with Crippen molar-refractivity contribution in [2.75, 3.05) is 19.8 Å². The van der Waals surface area contributed by atoms with Gasteiger partial charge in [0, 0.05) is 8.41 Å². The minimum atomic E-state index is -1.05. The third-order valence-electron chi connectivity index (χ3n) is 4.27. The van der Waals surface area contributed by atoms with Crippen molar-refractivity contribution < 1.29 is 38.5 Å². The smallest absolute Gasteiger partial charge is 0.311 e. The number of esters is 3. The van der Waals surface area contributed by atoms with E-state index in [4.69, 9.17) is 19.3 Å². The Bertz CT molecular complexity index is 515. The zero-order valence-electron chi connectivity index (χ0n) is 18.8. The molecule has 0 aliphatic heterocycles. The van der Waals surface area contributed by atoms with Crippen molar-refractivity contribution in [3.05, 3.63) is 0 Å². The van der Waals surface area contributed by atoms with E-state index in [2.05, 4.69) is 0 Å². The number of hydrogen-bond acceptors (Lipinski definition) is 7. The van der Waals surface area contributed by atoms with E-state index in [1.807, 2.05) is 34.6 Å². The molecule has 0 aliphatic rings. The van der Waals surface area contributed by atoms with E-state index in [-0.39, 0.29) is 59.2 Å². The number of aliphatic carboxylic acids is 1. The first kappa shape index (κ1) is 35.4. The molecule has 0 rings (SSSR count). The second-order valence-corrected chi connectivity index (χ2v) is 7.45. The largest absolute Gasteiger partial charge is 0.481 e. The number of ether oxygens (including phenoxy) is 3. The molecule has 0 aliphatic carbocycles. The van der Waals surface area contributed by atoms with Gasteiger partial charge < -0.3 is 19.3 Å². The summed E-state index contributed by atoms with van der Waals surface area (Å²) in [6, 6.07) is 0. The summed E-state index contributed by atoms with van der Waals surface area (Å²) < 4.78 is 14.5. The Kier molecular flexibility index (Phi) is 21.0. The fourth-order valence-electron chi connectivity index (χ4n) is 1.38. The van der Waals surface area contributed by atoms with Gasteiger partial charge in [0.1, 0.15) is 13.2 Å². The minimum Gasteiger partial charge on any atom is -0.481 e. The summed E-state index contributed by atoms with van der Waals surface area (Å²) in [5, 5.41) is 8.35. The lowest BCUT2D eigenvalue weighted by molar-refractivity contribution is -0.159. The molecule has 0 heterocycles. The average Bonchev–Trinajstić information content (AvgIpc) is 2.63. The Morgan fingerprint density at radius 1 is 0.733 bits per heavy atom. The molecule has 0 bridgehead atoms. The van der Waals surface area contributed by atoms with Gasteiger partial charge >= 0.3 is 23.9 Å². The maximum absolute atomic E-state index is 11.5. The highest BCUT2D eigenvalue weighted by molar-refractivity contribution is 5.77. The van der Waals surface area contributed by atoms with Gasteiger partial charge in [-0.2, -0.15) is 0 Å². The summed E-state index contributed by atoms with van der Waals surface area (Å²) in [4.78, 5) is 43.8. The number of carboxylic acids is 1. The van der Waals surface area contributed by atoms with Gasteiger partial charge in [-0.05, 0) is 47.5 Å². The predicted octanol–water partition coefficient (Wildman–Crippen LogP) is 3.61. The Morgan fingerprint density at radius 3 is 1.50 bits per heavy atom. The van der Waals surface area contributed by atoms with Gasteiger partial charge in [0.2, 0.25) is 0 Å². The van der Waals surface area contributed by atoms with Crippen molar-refractivity contribution in [3.63, 3.8) is 0 Å². The third-order valence-corrected chi connectivity index (χ3v) is 4.27. The molecule has 30 heavy (non-hydrogen) atoms. The first-order chi connectivity index (χ1) is 12.8. The van der Waals surface area contributed by atoms with Gasteiger partial charge in [0.15, 0.2) is 0 Å². The van der Waals surface area contributed by atoms with Gasteiger partial charge in [0.25, 0.3) is 0 Å². The summed E-state index contributed by atoms with van der Waals surface area (Å²) >= 11 is 0. The number of carbonyl (C=O) groups excluding carboxylic acids is 3. The first-order valence-corrected chi connectivity index (χ1v) is 9.55. The normalized spacial score (nSPS) is 10.2. The average molecular weight is 431 g/mol. The Balaban J connectivity index is -0.000000243. The zero-order chi connectivity index (χ0) is 22.4. The van der Waals surface area contributed by atoms with Crippen LogP contribution in [0.2, 0.25) is 0 Å². The van der Waals surface area contributed by atoms with Crippen molar-refractivity contribution in [1.29, 1.82) is 0 Å². The molecule has 0 spiro atoms. The van der Waals surface area contributed by atoms with E-state index >= 15 is 0 Å². The third kappa shape index (κ3) is 16.9. The molecule has 0 saturated carbocycles. The fraction of sp³-hybridized carbons (Fsp3) is 0.810. The summed E-state index contributed by atoms with van der Waals surface area (Å²) in [6.45, 7) is 13.4. The highest BCUT2D eigenvalue weighted by atomic mass is 16.6. The molecular formula is C21H40BO8. The molecule has 0 unspecified atom stereocenters. The van der Waals surface area contributed by atoms with Crippen LogP contribution in [0.25, 0.3) is 0 Å². The van der Waals surface area contributed by atoms with Crippen LogP contribution in [0.15, 0.2) is 0 Å². The number of rotatable bonds is 11. The number of carbonyl (C=O) groups is 4. The quantitative estimate of drug-likeness (QED) is 0.228. The lowest BCUT2D eigenvalue weighted by Gasteiger charge is -2.20. The second-order valence-electron chi connectivity index (χ2n) is 7.45. The molecule has 0 aromatic carbocycles. The summed E-state index contributed by atoms with van der Waals surface area (Å²) in [6.07, 6.45) is 1.04. The Morgan fingerprint density at radius 2 is 1.13 bits per heavy atom. The highest BCUT2D eigenvalue weighted by Crippen LogP contribution is 2.21. The van der Waals surface area contributed by atoms with Crippen LogP contribution in [-0.4, -0.2) is 57.2 Å². The molecule has 0 aromatic heterocycles. The fourth-order valence-corrected chi connectivity index (χ4v) is 1.38. The van der Waals surface area contributed by atoms with Crippen LogP contribution in [0.3, 0.4) is 0 Å². The summed E-state index contributed by atoms with van der Waals surface area (Å²) in [5.41, 5.74) is -0.858. The zero-order valence-corrected chi connectivity index (χ0v) is 18.8. The monoisotopic (exact) mass is 431 g/mol. The highest BCUT2D eigenvalue weighted by Gasteiger charge is 2.27. The molecule has 0 saturated heterocycles. The molecule has 9 heteroatoms. The molecular weight excluding hydrogens is 391 g/mol. The van der Waals surface area contributed by atoms with Crippen LogP contribution in [0.1, 0.15) is 81.6 Å². The van der Waals surface area contributed by atoms with Gasteiger partial charge in [-0.3, -0.25) is 19.2 Å². The van der Waals surface area contributed by atoms with Crippen molar-refractivity contribution >= 4 is 32.3 Å². The molecule has 0 atom stereocenters. The first-order valence-electron chi connectivity index (χ1n) is 9.55. The molecule has 8 nitrogen and oxygen atoms in total. The van der Waals surface area contributed by atoms with E-state index in [1.54, 1.807) is 13.8 Å². The van der Waals surface area contributed by atoms with Crippen LogP contribution in [-0.2, 0) is 33.4 Å². The molecule has 3 radical (unpaired) electrons. The molecule has 1 N–H and O–H groups in total. The maximum Gasteiger partial charge on any atom is 0.311 e. The number of hydrogen-bond donors (Lipinski definition) is 1. The van der Waals surface area contributed by atoms with Crippen molar-refractivity contribution in [3.8, 4) is 0 Å². The van der Waals surface area contributed by atoms with Crippen molar-refractivity contribution in [2.45, 2.75) is 81.6 Å².